The van der Waals surface area contributed by atoms with Crippen molar-refractivity contribution in [3.8, 4) is 0 Å². The van der Waals surface area contributed by atoms with E-state index in [1.807, 2.05) is 6.08 Å². The van der Waals surface area contributed by atoms with E-state index >= 15 is 0 Å². The molecule has 24 heavy (non-hydrogen) atoms. The van der Waals surface area contributed by atoms with E-state index in [1.54, 1.807) is 0 Å². The lowest BCUT2D eigenvalue weighted by Crippen LogP contribution is -2.18. The fourth-order valence-corrected chi connectivity index (χ4v) is 3.15. The molecule has 0 aliphatic heterocycles. The van der Waals surface area contributed by atoms with Crippen molar-refractivity contribution in [1.82, 2.24) is 0 Å². The molecule has 0 spiro atoms. The zero-order chi connectivity index (χ0) is 18.0. The lowest BCUT2D eigenvalue weighted by Gasteiger charge is -2.27. The van der Waals surface area contributed by atoms with E-state index in [2.05, 4.69) is 90.6 Å². The van der Waals surface area contributed by atoms with Crippen LogP contribution in [0.1, 0.15) is 69.4 Å². The Morgan fingerprint density at radius 3 is 2.12 bits per heavy atom. The van der Waals surface area contributed by atoms with Gasteiger partial charge in [-0.1, -0.05) is 96.7 Å². The molecule has 2 aromatic carbocycles. The fraction of sp³-hybridized carbons (Fsp3) is 0.417. The Morgan fingerprint density at radius 1 is 0.833 bits per heavy atom. The van der Waals surface area contributed by atoms with Gasteiger partial charge in [0.25, 0.3) is 0 Å². The van der Waals surface area contributed by atoms with E-state index in [-0.39, 0.29) is 10.8 Å². The maximum atomic E-state index is 3.88. The highest BCUT2D eigenvalue weighted by Gasteiger charge is 2.21. The van der Waals surface area contributed by atoms with E-state index < -0.39 is 0 Å². The van der Waals surface area contributed by atoms with Crippen LogP contribution in [0.2, 0.25) is 0 Å². The van der Waals surface area contributed by atoms with Crippen LogP contribution >= 0.6 is 0 Å². The number of hydrogen-bond acceptors (Lipinski definition) is 0. The van der Waals surface area contributed by atoms with Gasteiger partial charge in [0, 0.05) is 0 Å². The molecule has 0 heteroatoms. The molecule has 0 atom stereocenters. The van der Waals surface area contributed by atoms with Gasteiger partial charge >= 0.3 is 0 Å². The third-order valence-electron chi connectivity index (χ3n) is 4.65. The Kier molecular flexibility index (Phi) is 5.38. The highest BCUT2D eigenvalue weighted by Crippen LogP contribution is 2.31. The summed E-state index contributed by atoms with van der Waals surface area (Å²) in [7, 11) is 0. The second kappa shape index (κ2) is 6.97. The van der Waals surface area contributed by atoms with Crippen molar-refractivity contribution >= 4 is 6.08 Å². The number of rotatable bonds is 4. The van der Waals surface area contributed by atoms with E-state index in [9.17, 15) is 0 Å². The van der Waals surface area contributed by atoms with Gasteiger partial charge in [-0.05, 0) is 51.5 Å². The molecule has 0 nitrogen and oxygen atoms in total. The Bertz CT molecular complexity index is 706. The van der Waals surface area contributed by atoms with Crippen LogP contribution in [0.4, 0.5) is 0 Å². The molecule has 0 radical (unpaired) electrons. The summed E-state index contributed by atoms with van der Waals surface area (Å²) in [5.74, 6) is 0. The summed E-state index contributed by atoms with van der Waals surface area (Å²) in [5, 5.41) is 0. The Labute approximate surface area is 148 Å². The third-order valence-corrected chi connectivity index (χ3v) is 4.65. The second-order valence-corrected chi connectivity index (χ2v) is 8.82. The molecular formula is C24H32. The Balaban J connectivity index is 2.33. The van der Waals surface area contributed by atoms with Crippen LogP contribution in [-0.4, -0.2) is 0 Å². The van der Waals surface area contributed by atoms with Crippen LogP contribution in [0.3, 0.4) is 0 Å². The first-order valence-corrected chi connectivity index (χ1v) is 8.96. The Morgan fingerprint density at radius 2 is 1.54 bits per heavy atom. The molecule has 0 bridgehead atoms. The molecule has 0 saturated heterocycles. The van der Waals surface area contributed by atoms with Gasteiger partial charge in [-0.15, -0.1) is 0 Å². The summed E-state index contributed by atoms with van der Waals surface area (Å²) in [6.07, 6.45) is 4.07. The van der Waals surface area contributed by atoms with Gasteiger partial charge in [0.1, 0.15) is 0 Å². The predicted octanol–water partition coefficient (Wildman–Crippen LogP) is 6.71. The molecule has 0 N–H and O–H groups in total. The minimum absolute atomic E-state index is 0.175. The van der Waals surface area contributed by atoms with Gasteiger partial charge < -0.3 is 0 Å². The number of benzene rings is 2. The molecule has 2 aromatic rings. The summed E-state index contributed by atoms with van der Waals surface area (Å²) in [6, 6.07) is 15.8. The molecule has 0 amide bonds. The summed E-state index contributed by atoms with van der Waals surface area (Å²) in [4.78, 5) is 0. The molecule has 128 valence electrons. The first-order valence-electron chi connectivity index (χ1n) is 8.96. The number of aryl methyl sites for hydroxylation is 2. The second-order valence-electron chi connectivity index (χ2n) is 8.82. The first-order chi connectivity index (χ1) is 11.1. The van der Waals surface area contributed by atoms with E-state index in [0.717, 1.165) is 12.8 Å². The molecule has 0 heterocycles. The highest BCUT2D eigenvalue weighted by atomic mass is 14.3. The lowest BCUT2D eigenvalue weighted by atomic mass is 9.78. The monoisotopic (exact) mass is 320 g/mol. The minimum Gasteiger partial charge on any atom is -0.0985 e. The smallest absolute Gasteiger partial charge is 0.0129 e. The van der Waals surface area contributed by atoms with E-state index in [0.29, 0.717) is 0 Å². The number of hydrogen-bond donors (Lipinski definition) is 0. The summed E-state index contributed by atoms with van der Waals surface area (Å²) in [6.45, 7) is 17.7. The van der Waals surface area contributed by atoms with Crippen LogP contribution in [0.15, 0.2) is 49.0 Å². The summed E-state index contributed by atoms with van der Waals surface area (Å²) in [5.41, 5.74) is 7.32. The molecule has 2 rings (SSSR count). The molecule has 0 fully saturated rings. The van der Waals surface area contributed by atoms with Gasteiger partial charge in [0.2, 0.25) is 0 Å². The third kappa shape index (κ3) is 4.60. The Hall–Kier alpha value is -1.82. The van der Waals surface area contributed by atoms with Gasteiger partial charge in [-0.25, -0.2) is 0 Å². The maximum absolute atomic E-state index is 3.88. The zero-order valence-corrected chi connectivity index (χ0v) is 16.2. The van der Waals surface area contributed by atoms with E-state index in [1.165, 1.54) is 27.8 Å². The lowest BCUT2D eigenvalue weighted by molar-refractivity contribution is 0.569. The van der Waals surface area contributed by atoms with Crippen molar-refractivity contribution in [2.75, 3.05) is 0 Å². The van der Waals surface area contributed by atoms with Crippen molar-refractivity contribution < 1.29 is 0 Å². The van der Waals surface area contributed by atoms with Gasteiger partial charge in [0.05, 0.1) is 0 Å². The van der Waals surface area contributed by atoms with Crippen LogP contribution in [0.5, 0.6) is 0 Å². The largest absolute Gasteiger partial charge is 0.0985 e. The van der Waals surface area contributed by atoms with Gasteiger partial charge in [-0.2, -0.15) is 0 Å². The van der Waals surface area contributed by atoms with Gasteiger partial charge in [0.15, 0.2) is 0 Å². The van der Waals surface area contributed by atoms with Crippen molar-refractivity contribution in [2.45, 2.75) is 65.2 Å². The first kappa shape index (κ1) is 18.5. The standard InChI is InChI=1S/C24H32/c1-8-18-10-9-11-19(16-18)12-13-20-17-21(23(2,3)4)14-15-22(20)24(5,6)7/h8-11,14-17H,1,12-13H2,2-7H3. The molecule has 0 aromatic heterocycles. The fourth-order valence-electron chi connectivity index (χ4n) is 3.15. The van der Waals surface area contributed by atoms with Crippen molar-refractivity contribution in [3.63, 3.8) is 0 Å². The molecule has 0 unspecified atom stereocenters. The van der Waals surface area contributed by atoms with Gasteiger partial charge in [-0.3, -0.25) is 0 Å². The molecule has 0 aliphatic carbocycles. The van der Waals surface area contributed by atoms with E-state index in [4.69, 9.17) is 0 Å². The van der Waals surface area contributed by atoms with Crippen LogP contribution < -0.4 is 0 Å². The quantitative estimate of drug-likeness (QED) is 0.587. The maximum Gasteiger partial charge on any atom is -0.0129 e. The molecule has 0 saturated carbocycles. The van der Waals surface area contributed by atoms with Crippen molar-refractivity contribution in [1.29, 1.82) is 0 Å². The topological polar surface area (TPSA) is 0 Å². The molecule has 0 aliphatic rings. The summed E-state index contributed by atoms with van der Waals surface area (Å²) >= 11 is 0. The average molecular weight is 321 g/mol. The zero-order valence-electron chi connectivity index (χ0n) is 16.2. The van der Waals surface area contributed by atoms with Crippen LogP contribution in [0, 0.1) is 0 Å². The van der Waals surface area contributed by atoms with Crippen molar-refractivity contribution in [2.24, 2.45) is 0 Å². The average Bonchev–Trinajstić information content (AvgIpc) is 2.51. The minimum atomic E-state index is 0.175. The van der Waals surface area contributed by atoms with Crippen molar-refractivity contribution in [3.05, 3.63) is 76.9 Å². The highest BCUT2D eigenvalue weighted by molar-refractivity contribution is 5.48. The SMILES string of the molecule is C=Cc1cccc(CCc2cc(C(C)(C)C)ccc2C(C)(C)C)c1. The normalized spacial score (nSPS) is 12.2. The summed E-state index contributed by atoms with van der Waals surface area (Å²) < 4.78 is 0. The van der Waals surface area contributed by atoms with Crippen LogP contribution in [-0.2, 0) is 23.7 Å². The van der Waals surface area contributed by atoms with Crippen LogP contribution in [0.25, 0.3) is 6.08 Å². The molecular weight excluding hydrogens is 288 g/mol. The predicted molar refractivity (Wildman–Crippen MR) is 108 cm³/mol.